The first-order chi connectivity index (χ1) is 13.8. The molecular formula is C27H40O. The third-order valence-electron chi connectivity index (χ3n) is 7.26. The van der Waals surface area contributed by atoms with E-state index in [2.05, 4.69) is 49.9 Å². The van der Waals surface area contributed by atoms with Gasteiger partial charge in [-0.2, -0.15) is 0 Å². The van der Waals surface area contributed by atoms with Crippen molar-refractivity contribution in [2.24, 2.45) is 17.8 Å². The molecule has 0 amide bonds. The Balaban J connectivity index is 1.39. The molecule has 1 aromatic carbocycles. The second kappa shape index (κ2) is 11.6. The fourth-order valence-corrected chi connectivity index (χ4v) is 5.52. The van der Waals surface area contributed by atoms with Gasteiger partial charge in [-0.05, 0) is 93.1 Å². The van der Waals surface area contributed by atoms with Crippen LogP contribution in [0.2, 0.25) is 0 Å². The lowest BCUT2D eigenvalue weighted by atomic mass is 9.68. The van der Waals surface area contributed by atoms with Crippen molar-refractivity contribution in [3.63, 3.8) is 0 Å². The largest absolute Gasteiger partial charge is 0.373 e. The molecule has 0 N–H and O–H groups in total. The molecule has 2 fully saturated rings. The van der Waals surface area contributed by atoms with E-state index in [0.29, 0.717) is 13.2 Å². The van der Waals surface area contributed by atoms with Gasteiger partial charge in [-0.3, -0.25) is 0 Å². The van der Waals surface area contributed by atoms with Crippen LogP contribution in [0.4, 0.5) is 0 Å². The van der Waals surface area contributed by atoms with Crippen molar-refractivity contribution in [2.75, 3.05) is 6.61 Å². The number of rotatable bonds is 9. The number of benzene rings is 1. The van der Waals surface area contributed by atoms with Crippen LogP contribution in [-0.4, -0.2) is 6.61 Å². The lowest BCUT2D eigenvalue weighted by Crippen LogP contribution is -2.25. The van der Waals surface area contributed by atoms with Crippen LogP contribution in [0.15, 0.2) is 49.1 Å². The molecule has 2 aliphatic rings. The van der Waals surface area contributed by atoms with E-state index in [4.69, 9.17) is 4.74 Å². The van der Waals surface area contributed by atoms with Gasteiger partial charge < -0.3 is 4.74 Å². The fraction of sp³-hybridized carbons (Fsp3) is 0.630. The third-order valence-corrected chi connectivity index (χ3v) is 7.26. The van der Waals surface area contributed by atoms with Gasteiger partial charge >= 0.3 is 0 Å². The summed E-state index contributed by atoms with van der Waals surface area (Å²) in [6.45, 7) is 7.16. The molecule has 0 saturated heterocycles. The van der Waals surface area contributed by atoms with Crippen molar-refractivity contribution in [3.05, 3.63) is 60.2 Å². The van der Waals surface area contributed by atoms with Crippen molar-refractivity contribution in [3.8, 4) is 0 Å². The number of hydrogen-bond donors (Lipinski definition) is 0. The second-order valence-corrected chi connectivity index (χ2v) is 9.08. The van der Waals surface area contributed by atoms with Crippen LogP contribution in [-0.2, 0) is 11.3 Å². The zero-order chi connectivity index (χ0) is 19.6. The highest BCUT2D eigenvalue weighted by molar-refractivity contribution is 5.25. The van der Waals surface area contributed by atoms with E-state index in [1.807, 2.05) is 6.08 Å². The Hall–Kier alpha value is -1.34. The van der Waals surface area contributed by atoms with Crippen molar-refractivity contribution in [1.29, 1.82) is 0 Å². The van der Waals surface area contributed by atoms with E-state index in [1.165, 1.54) is 69.8 Å². The summed E-state index contributed by atoms with van der Waals surface area (Å²) in [5.74, 6) is 3.79. The zero-order valence-electron chi connectivity index (χ0n) is 18.0. The minimum Gasteiger partial charge on any atom is -0.373 e. The third kappa shape index (κ3) is 6.34. The molecule has 0 radical (unpaired) electrons. The summed E-state index contributed by atoms with van der Waals surface area (Å²) in [6.07, 6.45) is 20.7. The highest BCUT2D eigenvalue weighted by Crippen LogP contribution is 2.44. The molecule has 1 nitrogen and oxygen atoms in total. The maximum atomic E-state index is 5.55. The first-order valence-electron chi connectivity index (χ1n) is 11.7. The SMILES string of the molecule is C=CCOCc1ccc(C2CCC([C@H]3CC[C@H](CC/C=C/C)CC3)CC2)cc1. The summed E-state index contributed by atoms with van der Waals surface area (Å²) in [5, 5.41) is 0. The Labute approximate surface area is 173 Å². The van der Waals surface area contributed by atoms with Gasteiger partial charge in [-0.25, -0.2) is 0 Å². The first-order valence-corrected chi connectivity index (χ1v) is 11.7. The van der Waals surface area contributed by atoms with Gasteiger partial charge in [0.15, 0.2) is 0 Å². The minimum atomic E-state index is 0.628. The van der Waals surface area contributed by atoms with Crippen LogP contribution in [0.25, 0.3) is 0 Å². The molecule has 1 heteroatoms. The predicted molar refractivity (Wildman–Crippen MR) is 120 cm³/mol. The van der Waals surface area contributed by atoms with Gasteiger partial charge in [-0.15, -0.1) is 6.58 Å². The number of allylic oxidation sites excluding steroid dienone is 2. The van der Waals surface area contributed by atoms with Crippen molar-refractivity contribution in [2.45, 2.75) is 83.7 Å². The average Bonchev–Trinajstić information content (AvgIpc) is 2.75. The molecule has 154 valence electrons. The summed E-state index contributed by atoms with van der Waals surface area (Å²) >= 11 is 0. The molecule has 0 aliphatic heterocycles. The highest BCUT2D eigenvalue weighted by Gasteiger charge is 2.31. The van der Waals surface area contributed by atoms with Crippen LogP contribution < -0.4 is 0 Å². The summed E-state index contributed by atoms with van der Waals surface area (Å²) in [4.78, 5) is 0. The lowest BCUT2D eigenvalue weighted by molar-refractivity contribution is 0.149. The Morgan fingerprint density at radius 1 is 0.929 bits per heavy atom. The van der Waals surface area contributed by atoms with E-state index >= 15 is 0 Å². The Kier molecular flexibility index (Phi) is 8.86. The van der Waals surface area contributed by atoms with Gasteiger partial charge in [0.25, 0.3) is 0 Å². The molecule has 3 rings (SSSR count). The summed E-state index contributed by atoms with van der Waals surface area (Å²) < 4.78 is 5.55. The molecule has 0 spiro atoms. The quantitative estimate of drug-likeness (QED) is 0.313. The molecule has 0 aromatic heterocycles. The highest BCUT2D eigenvalue weighted by atomic mass is 16.5. The molecule has 2 aliphatic carbocycles. The smallest absolute Gasteiger partial charge is 0.0721 e. The lowest BCUT2D eigenvalue weighted by Gasteiger charge is -2.38. The first kappa shape index (κ1) is 21.4. The summed E-state index contributed by atoms with van der Waals surface area (Å²) in [5.41, 5.74) is 2.81. The van der Waals surface area contributed by atoms with Crippen molar-refractivity contribution in [1.82, 2.24) is 0 Å². The van der Waals surface area contributed by atoms with Crippen LogP contribution in [0.1, 0.15) is 88.2 Å². The zero-order valence-corrected chi connectivity index (χ0v) is 18.0. The number of hydrogen-bond acceptors (Lipinski definition) is 1. The van der Waals surface area contributed by atoms with Crippen LogP contribution in [0.3, 0.4) is 0 Å². The Morgan fingerprint density at radius 2 is 1.57 bits per heavy atom. The molecule has 0 bridgehead atoms. The van der Waals surface area contributed by atoms with Crippen molar-refractivity contribution >= 4 is 0 Å². The van der Waals surface area contributed by atoms with Crippen molar-refractivity contribution < 1.29 is 4.74 Å². The van der Waals surface area contributed by atoms with Gasteiger partial charge in [0.2, 0.25) is 0 Å². The summed E-state index contributed by atoms with van der Waals surface area (Å²) in [6, 6.07) is 9.18. The topological polar surface area (TPSA) is 9.23 Å². The molecule has 1 aromatic rings. The van der Waals surface area contributed by atoms with E-state index in [0.717, 1.165) is 23.7 Å². The van der Waals surface area contributed by atoms with E-state index in [9.17, 15) is 0 Å². The van der Waals surface area contributed by atoms with E-state index < -0.39 is 0 Å². The van der Waals surface area contributed by atoms with Crippen LogP contribution >= 0.6 is 0 Å². The van der Waals surface area contributed by atoms with Crippen LogP contribution in [0.5, 0.6) is 0 Å². The number of ether oxygens (including phenoxy) is 1. The van der Waals surface area contributed by atoms with Gasteiger partial charge in [0.05, 0.1) is 13.2 Å². The minimum absolute atomic E-state index is 0.628. The molecular weight excluding hydrogens is 340 g/mol. The maximum absolute atomic E-state index is 5.55. The summed E-state index contributed by atoms with van der Waals surface area (Å²) in [7, 11) is 0. The predicted octanol–water partition coefficient (Wildman–Crippen LogP) is 7.83. The van der Waals surface area contributed by atoms with Crippen LogP contribution in [0, 0.1) is 17.8 Å². The monoisotopic (exact) mass is 380 g/mol. The average molecular weight is 381 g/mol. The van der Waals surface area contributed by atoms with E-state index in [-0.39, 0.29) is 0 Å². The molecule has 2 saturated carbocycles. The van der Waals surface area contributed by atoms with Gasteiger partial charge in [-0.1, -0.05) is 55.3 Å². The molecule has 28 heavy (non-hydrogen) atoms. The Morgan fingerprint density at radius 3 is 2.18 bits per heavy atom. The molecule has 0 atom stereocenters. The molecule has 0 heterocycles. The molecule has 0 unspecified atom stereocenters. The van der Waals surface area contributed by atoms with E-state index in [1.54, 1.807) is 5.56 Å². The maximum Gasteiger partial charge on any atom is 0.0721 e. The second-order valence-electron chi connectivity index (χ2n) is 9.08. The van der Waals surface area contributed by atoms with Gasteiger partial charge in [0.1, 0.15) is 0 Å². The fourth-order valence-electron chi connectivity index (χ4n) is 5.52. The van der Waals surface area contributed by atoms with Gasteiger partial charge in [0, 0.05) is 0 Å². The standard InChI is InChI=1S/C27H40O/c1-3-5-6-7-22-8-12-24(13-9-22)26-16-18-27(19-17-26)25-14-10-23(11-15-25)21-28-20-4-2/h3-5,10-11,14-15,22,24,26-27H,2,6-9,12-13,16-21H2,1H3/b5-3+/t22-,24-,26?,27?. The normalized spacial score (nSPS) is 28.5. The Bertz CT molecular complexity index is 583.